The van der Waals surface area contributed by atoms with Gasteiger partial charge in [-0.2, -0.15) is 5.26 Å². The largest absolute Gasteiger partial charge is 0.337 e. The molecule has 0 spiro atoms. The highest BCUT2D eigenvalue weighted by Crippen LogP contribution is 2.50. The van der Waals surface area contributed by atoms with E-state index in [4.69, 9.17) is 4.99 Å². The van der Waals surface area contributed by atoms with Crippen LogP contribution in [-0.4, -0.2) is 23.0 Å². The van der Waals surface area contributed by atoms with Gasteiger partial charge in [-0.25, -0.2) is 4.99 Å². The van der Waals surface area contributed by atoms with Crippen molar-refractivity contribution in [3.8, 4) is 6.07 Å². The summed E-state index contributed by atoms with van der Waals surface area (Å²) in [5, 5.41) is 10.8. The zero-order chi connectivity index (χ0) is 22.1. The van der Waals surface area contributed by atoms with Crippen molar-refractivity contribution in [1.29, 1.82) is 5.26 Å². The Morgan fingerprint density at radius 1 is 0.969 bits per heavy atom. The Balaban J connectivity index is 1.56. The number of nitrogens with zero attached hydrogens (tertiary/aromatic N) is 4. The molecule has 2 aliphatic heterocycles. The number of nitriles is 1. The second-order valence-electron chi connectivity index (χ2n) is 7.30. The van der Waals surface area contributed by atoms with Gasteiger partial charge in [0.25, 0.3) is 5.91 Å². The Morgan fingerprint density at radius 2 is 1.75 bits per heavy atom. The molecular formula is C25H18N4OS2. The van der Waals surface area contributed by atoms with Crippen molar-refractivity contribution in [3.63, 3.8) is 0 Å². The van der Waals surface area contributed by atoms with Crippen LogP contribution < -0.4 is 4.90 Å². The molecule has 1 amide bonds. The van der Waals surface area contributed by atoms with E-state index in [2.05, 4.69) is 23.1 Å². The standard InChI is InChI=1S/C25H18N4OS2/c1-28-20-12-5-6-13-21(20)31-24(28)22-23(30)29(16-17-8-3-2-4-9-17)25(32-22)27-19-11-7-10-18(14-19)15-26/h2-14H,16H2,1H3/b24-22-,27-25?. The predicted molar refractivity (Wildman–Crippen MR) is 131 cm³/mol. The van der Waals surface area contributed by atoms with Gasteiger partial charge in [0, 0.05) is 11.9 Å². The first-order valence-corrected chi connectivity index (χ1v) is 11.6. The number of hydrogen-bond acceptors (Lipinski definition) is 6. The maximum absolute atomic E-state index is 13.6. The Hall–Kier alpha value is -3.47. The Morgan fingerprint density at radius 3 is 2.53 bits per heavy atom. The van der Waals surface area contributed by atoms with Gasteiger partial charge in [0.15, 0.2) is 5.17 Å². The van der Waals surface area contributed by atoms with Crippen LogP contribution in [0.5, 0.6) is 0 Å². The van der Waals surface area contributed by atoms with Gasteiger partial charge in [0.1, 0.15) is 4.91 Å². The number of thioether (sulfide) groups is 2. The van der Waals surface area contributed by atoms with Crippen LogP contribution in [0.2, 0.25) is 0 Å². The zero-order valence-electron chi connectivity index (χ0n) is 17.2. The topological polar surface area (TPSA) is 59.7 Å². The van der Waals surface area contributed by atoms with Gasteiger partial charge >= 0.3 is 0 Å². The first-order chi connectivity index (χ1) is 15.6. The molecule has 0 aliphatic carbocycles. The number of hydrogen-bond donors (Lipinski definition) is 0. The van der Waals surface area contributed by atoms with Crippen LogP contribution in [0.25, 0.3) is 0 Å². The lowest BCUT2D eigenvalue weighted by atomic mass is 10.2. The lowest BCUT2D eigenvalue weighted by Crippen LogP contribution is -2.29. The van der Waals surface area contributed by atoms with Gasteiger partial charge < -0.3 is 4.90 Å². The normalized spacial score (nSPS) is 18.9. The van der Waals surface area contributed by atoms with Crippen molar-refractivity contribution in [1.82, 2.24) is 4.90 Å². The highest BCUT2D eigenvalue weighted by molar-refractivity contribution is 8.19. The molecule has 0 aromatic heterocycles. The van der Waals surface area contributed by atoms with Crippen LogP contribution in [-0.2, 0) is 11.3 Å². The summed E-state index contributed by atoms with van der Waals surface area (Å²) >= 11 is 2.99. The smallest absolute Gasteiger partial charge is 0.269 e. The van der Waals surface area contributed by atoms with Crippen molar-refractivity contribution in [2.45, 2.75) is 11.4 Å². The minimum Gasteiger partial charge on any atom is -0.337 e. The zero-order valence-corrected chi connectivity index (χ0v) is 18.9. The van der Waals surface area contributed by atoms with Crippen LogP contribution in [0.1, 0.15) is 11.1 Å². The lowest BCUT2D eigenvalue weighted by Gasteiger charge is -2.16. The second-order valence-corrected chi connectivity index (χ2v) is 9.31. The fraction of sp³-hybridized carbons (Fsp3) is 0.0800. The summed E-state index contributed by atoms with van der Waals surface area (Å²) in [6.07, 6.45) is 0. The molecule has 3 aromatic rings. The van der Waals surface area contributed by atoms with E-state index in [1.807, 2.05) is 55.6 Å². The molecule has 0 atom stereocenters. The van der Waals surface area contributed by atoms with Crippen molar-refractivity contribution >= 4 is 46.0 Å². The first kappa shape index (κ1) is 20.4. The number of para-hydroxylation sites is 1. The van der Waals surface area contributed by atoms with E-state index < -0.39 is 0 Å². The average Bonchev–Trinajstić information content (AvgIpc) is 3.31. The highest BCUT2D eigenvalue weighted by Gasteiger charge is 2.39. The SMILES string of the molecule is CN1/C(=C2/SC(=Nc3cccc(C#N)c3)N(Cc3ccccc3)C2=O)Sc2ccccc21. The van der Waals surface area contributed by atoms with E-state index in [-0.39, 0.29) is 5.91 Å². The lowest BCUT2D eigenvalue weighted by molar-refractivity contribution is -0.122. The van der Waals surface area contributed by atoms with E-state index >= 15 is 0 Å². The van der Waals surface area contributed by atoms with Crippen LogP contribution >= 0.6 is 23.5 Å². The maximum atomic E-state index is 13.6. The molecular weight excluding hydrogens is 436 g/mol. The Kier molecular flexibility index (Phi) is 5.48. The van der Waals surface area contributed by atoms with Crippen LogP contribution in [0.4, 0.5) is 11.4 Å². The number of amides is 1. The first-order valence-electron chi connectivity index (χ1n) is 10.0. The molecule has 2 aliphatic rings. The molecule has 32 heavy (non-hydrogen) atoms. The molecule has 5 nitrogen and oxygen atoms in total. The molecule has 0 saturated carbocycles. The summed E-state index contributed by atoms with van der Waals surface area (Å²) in [5.41, 5.74) is 3.31. The molecule has 3 aromatic carbocycles. The maximum Gasteiger partial charge on any atom is 0.269 e. The van der Waals surface area contributed by atoms with Gasteiger partial charge in [-0.05, 0) is 47.7 Å². The number of carbonyl (C=O) groups is 1. The van der Waals surface area contributed by atoms with E-state index in [0.29, 0.717) is 27.9 Å². The molecule has 7 heteroatoms. The number of fused-ring (bicyclic) bond motifs is 1. The molecule has 0 N–H and O–H groups in total. The van der Waals surface area contributed by atoms with E-state index in [9.17, 15) is 10.1 Å². The summed E-state index contributed by atoms with van der Waals surface area (Å²) < 4.78 is 0. The minimum absolute atomic E-state index is 0.0591. The monoisotopic (exact) mass is 454 g/mol. The Labute approximate surface area is 195 Å². The van der Waals surface area contributed by atoms with E-state index in [1.54, 1.807) is 34.9 Å². The molecule has 2 heterocycles. The van der Waals surface area contributed by atoms with Crippen LogP contribution in [0, 0.1) is 11.3 Å². The minimum atomic E-state index is -0.0591. The fourth-order valence-electron chi connectivity index (χ4n) is 3.58. The number of rotatable bonds is 3. The second kappa shape index (κ2) is 8.58. The summed E-state index contributed by atoms with van der Waals surface area (Å²) in [4.78, 5) is 23.9. The number of benzene rings is 3. The van der Waals surface area contributed by atoms with Gasteiger partial charge in [-0.3, -0.25) is 9.69 Å². The molecule has 1 saturated heterocycles. The van der Waals surface area contributed by atoms with Gasteiger partial charge in [0.05, 0.1) is 34.6 Å². The predicted octanol–water partition coefficient (Wildman–Crippen LogP) is 5.73. The number of carbonyl (C=O) groups excluding carboxylic acids is 1. The number of anilines is 1. The number of amidine groups is 1. The third-order valence-electron chi connectivity index (χ3n) is 5.18. The van der Waals surface area contributed by atoms with Crippen molar-refractivity contribution in [3.05, 3.63) is 99.9 Å². The highest BCUT2D eigenvalue weighted by atomic mass is 32.2. The molecule has 0 radical (unpaired) electrons. The van der Waals surface area contributed by atoms with Crippen LogP contribution in [0.3, 0.4) is 0 Å². The fourth-order valence-corrected chi connectivity index (χ4v) is 5.92. The summed E-state index contributed by atoms with van der Waals surface area (Å²) in [6, 6.07) is 27.3. The Bertz CT molecular complexity index is 1310. The van der Waals surface area contributed by atoms with Gasteiger partial charge in [-0.15, -0.1) is 0 Å². The summed E-state index contributed by atoms with van der Waals surface area (Å²) in [6.45, 7) is 0.432. The number of aliphatic imine (C=N–C) groups is 1. The van der Waals surface area contributed by atoms with Crippen molar-refractivity contribution < 1.29 is 4.79 Å². The third kappa shape index (κ3) is 3.79. The van der Waals surface area contributed by atoms with Gasteiger partial charge in [0.2, 0.25) is 0 Å². The van der Waals surface area contributed by atoms with Crippen molar-refractivity contribution in [2.24, 2.45) is 4.99 Å². The third-order valence-corrected chi connectivity index (χ3v) is 7.61. The summed E-state index contributed by atoms with van der Waals surface area (Å²) in [7, 11) is 1.99. The molecule has 5 rings (SSSR count). The van der Waals surface area contributed by atoms with Crippen molar-refractivity contribution in [2.75, 3.05) is 11.9 Å². The van der Waals surface area contributed by atoms with E-state index in [1.165, 1.54) is 11.8 Å². The summed E-state index contributed by atoms with van der Waals surface area (Å²) in [5.74, 6) is -0.0591. The molecule has 0 bridgehead atoms. The average molecular weight is 455 g/mol. The van der Waals surface area contributed by atoms with E-state index in [0.717, 1.165) is 21.2 Å². The molecule has 1 fully saturated rings. The molecule has 0 unspecified atom stereocenters. The molecule has 156 valence electrons. The van der Waals surface area contributed by atoms with Gasteiger partial charge in [-0.1, -0.05) is 60.3 Å². The van der Waals surface area contributed by atoms with Crippen LogP contribution in [0.15, 0.2) is 98.7 Å². The quantitative estimate of drug-likeness (QED) is 0.473.